The lowest BCUT2D eigenvalue weighted by atomic mass is 9.62. The maximum Gasteiger partial charge on any atom is 0.333 e. The van der Waals surface area contributed by atoms with Crippen LogP contribution in [-0.4, -0.2) is 38.9 Å². The highest BCUT2D eigenvalue weighted by Gasteiger charge is 2.61. The number of carbonyl (C=O) groups is 2. The van der Waals surface area contributed by atoms with Gasteiger partial charge in [-0.05, 0) is 6.42 Å². The third kappa shape index (κ3) is 1.70. The minimum Gasteiger partial charge on any atom is -0.466 e. The van der Waals surface area contributed by atoms with Crippen molar-refractivity contribution >= 4 is 11.8 Å². The highest BCUT2D eigenvalue weighted by atomic mass is 16.7. The Balaban J connectivity index is 2.53. The number of rotatable bonds is 3. The lowest BCUT2D eigenvalue weighted by molar-refractivity contribution is -0.240. The molecule has 0 amide bonds. The van der Waals surface area contributed by atoms with Gasteiger partial charge >= 0.3 is 5.97 Å². The Morgan fingerprint density at radius 2 is 2.05 bits per heavy atom. The van der Waals surface area contributed by atoms with Gasteiger partial charge in [0, 0.05) is 19.8 Å². The minimum absolute atomic E-state index is 0.312. The number of hydrogen-bond acceptors (Lipinski definition) is 6. The first-order chi connectivity index (χ1) is 9.05. The minimum atomic E-state index is -1.49. The average Bonchev–Trinajstić information content (AvgIpc) is 2.47. The first-order valence-corrected chi connectivity index (χ1v) is 5.90. The normalized spacial score (nSPS) is 31.6. The van der Waals surface area contributed by atoms with E-state index < -0.39 is 29.5 Å². The molecule has 1 fully saturated rings. The van der Waals surface area contributed by atoms with E-state index in [0.29, 0.717) is 12.0 Å². The number of ketones is 1. The van der Waals surface area contributed by atoms with Gasteiger partial charge in [0.05, 0.1) is 30.9 Å². The first kappa shape index (κ1) is 13.7. The number of carbonyl (C=O) groups excluding carboxylic acids is 2. The summed E-state index contributed by atoms with van der Waals surface area (Å²) < 4.78 is 15.2. The summed E-state index contributed by atoms with van der Waals surface area (Å²) >= 11 is 0. The molecule has 102 valence electrons. The fourth-order valence-electron chi connectivity index (χ4n) is 3.01. The Hall–Kier alpha value is -1.71. The Labute approximate surface area is 110 Å². The van der Waals surface area contributed by atoms with E-state index in [4.69, 9.17) is 19.5 Å². The van der Waals surface area contributed by atoms with Gasteiger partial charge in [-0.3, -0.25) is 4.79 Å². The molecule has 3 aliphatic carbocycles. The summed E-state index contributed by atoms with van der Waals surface area (Å²) in [4.78, 5) is 24.2. The third-order valence-electron chi connectivity index (χ3n) is 3.96. The Kier molecular flexibility index (Phi) is 3.43. The van der Waals surface area contributed by atoms with Crippen molar-refractivity contribution in [3.8, 4) is 6.07 Å². The molecule has 3 rings (SSSR count). The largest absolute Gasteiger partial charge is 0.466 e. The topological polar surface area (TPSA) is 85.6 Å². The molecule has 0 aromatic rings. The number of Topliss-reactive ketones (excluding diaryl/α,β-unsaturated/α-hetero) is 1. The molecule has 0 aromatic heterocycles. The Bertz CT molecular complexity index is 486. The molecule has 0 unspecified atom stereocenters. The quantitative estimate of drug-likeness (QED) is 0.543. The number of ether oxygens (including phenoxy) is 3. The summed E-state index contributed by atoms with van der Waals surface area (Å²) in [6.45, 7) is 0. The summed E-state index contributed by atoms with van der Waals surface area (Å²) in [5, 5.41) is 9.10. The van der Waals surface area contributed by atoms with Crippen LogP contribution < -0.4 is 0 Å². The molecular weight excluding hydrogens is 250 g/mol. The lowest BCUT2D eigenvalue weighted by Crippen LogP contribution is -2.61. The van der Waals surface area contributed by atoms with Crippen LogP contribution in [0.15, 0.2) is 11.6 Å². The van der Waals surface area contributed by atoms with Crippen LogP contribution in [0.25, 0.3) is 0 Å². The number of fused-ring (bicyclic) bond motifs is 2. The molecule has 6 heteroatoms. The molecule has 0 aromatic carbocycles. The van der Waals surface area contributed by atoms with Crippen molar-refractivity contribution in [3.05, 3.63) is 11.6 Å². The van der Waals surface area contributed by atoms with Crippen molar-refractivity contribution in [2.24, 2.45) is 17.8 Å². The highest BCUT2D eigenvalue weighted by Crippen LogP contribution is 2.49. The summed E-state index contributed by atoms with van der Waals surface area (Å²) in [7, 11) is 3.99. The molecule has 3 aliphatic rings. The highest BCUT2D eigenvalue weighted by molar-refractivity contribution is 6.00. The molecule has 0 aliphatic heterocycles. The van der Waals surface area contributed by atoms with E-state index in [0.717, 1.165) is 0 Å². The fourth-order valence-corrected chi connectivity index (χ4v) is 3.01. The first-order valence-electron chi connectivity index (χ1n) is 5.90. The van der Waals surface area contributed by atoms with Crippen LogP contribution in [0.1, 0.15) is 6.42 Å². The molecular formula is C13H15NO5. The molecule has 0 saturated heterocycles. The zero-order valence-electron chi connectivity index (χ0n) is 11.0. The van der Waals surface area contributed by atoms with E-state index in [1.807, 2.05) is 0 Å². The van der Waals surface area contributed by atoms with Gasteiger partial charge in [0.25, 0.3) is 0 Å². The maximum atomic E-state index is 12.4. The van der Waals surface area contributed by atoms with Gasteiger partial charge in [-0.25, -0.2) is 4.79 Å². The zero-order chi connectivity index (χ0) is 14.2. The number of hydrogen-bond donors (Lipinski definition) is 0. The maximum absolute atomic E-state index is 12.4. The number of nitrogens with zero attached hydrogens (tertiary/aromatic N) is 1. The summed E-state index contributed by atoms with van der Waals surface area (Å²) in [6.07, 6.45) is 1.86. The number of nitriles is 1. The molecule has 3 atom stereocenters. The molecule has 2 bridgehead atoms. The van der Waals surface area contributed by atoms with Crippen LogP contribution in [0, 0.1) is 29.1 Å². The Morgan fingerprint density at radius 1 is 1.42 bits per heavy atom. The van der Waals surface area contributed by atoms with E-state index in [-0.39, 0.29) is 5.78 Å². The predicted octanol–water partition coefficient (Wildman–Crippen LogP) is 0.433. The van der Waals surface area contributed by atoms with E-state index in [2.05, 4.69) is 6.07 Å². The van der Waals surface area contributed by atoms with Gasteiger partial charge in [0.1, 0.15) is 0 Å². The molecule has 0 heterocycles. The third-order valence-corrected chi connectivity index (χ3v) is 3.96. The van der Waals surface area contributed by atoms with Gasteiger partial charge in [0.15, 0.2) is 0 Å². The lowest BCUT2D eigenvalue weighted by Gasteiger charge is -2.48. The average molecular weight is 265 g/mol. The molecule has 19 heavy (non-hydrogen) atoms. The standard InChI is InChI=1S/C13H15NO5/c1-17-12(16)9-5-8-7(6-14)4-10(9)13(18-2,19-3)11(8)15/h5,7-8,10H,4H2,1-3H3/t7-,8+,10-/m0/s1. The van der Waals surface area contributed by atoms with Gasteiger partial charge < -0.3 is 14.2 Å². The van der Waals surface area contributed by atoms with Crippen LogP contribution in [0.2, 0.25) is 0 Å². The van der Waals surface area contributed by atoms with Crippen molar-refractivity contribution in [3.63, 3.8) is 0 Å². The second-order valence-corrected chi connectivity index (χ2v) is 4.60. The van der Waals surface area contributed by atoms with Crippen molar-refractivity contribution < 1.29 is 23.8 Å². The van der Waals surface area contributed by atoms with Crippen LogP contribution in [-0.2, 0) is 23.8 Å². The summed E-state index contributed by atoms with van der Waals surface area (Å²) in [5.41, 5.74) is 0.349. The van der Waals surface area contributed by atoms with Crippen molar-refractivity contribution in [1.29, 1.82) is 5.26 Å². The van der Waals surface area contributed by atoms with Gasteiger partial charge in [0.2, 0.25) is 11.6 Å². The smallest absolute Gasteiger partial charge is 0.333 e. The second kappa shape index (κ2) is 4.76. The monoisotopic (exact) mass is 265 g/mol. The van der Waals surface area contributed by atoms with Crippen LogP contribution in [0.5, 0.6) is 0 Å². The van der Waals surface area contributed by atoms with E-state index in [1.165, 1.54) is 27.4 Å². The van der Waals surface area contributed by atoms with Crippen molar-refractivity contribution in [2.75, 3.05) is 21.3 Å². The molecule has 6 nitrogen and oxygen atoms in total. The molecule has 0 N–H and O–H groups in total. The van der Waals surface area contributed by atoms with Crippen molar-refractivity contribution in [1.82, 2.24) is 0 Å². The van der Waals surface area contributed by atoms with E-state index in [9.17, 15) is 9.59 Å². The Morgan fingerprint density at radius 3 is 2.53 bits per heavy atom. The predicted molar refractivity (Wildman–Crippen MR) is 62.6 cm³/mol. The van der Waals surface area contributed by atoms with E-state index >= 15 is 0 Å². The molecule has 0 spiro atoms. The molecule has 0 radical (unpaired) electrons. The van der Waals surface area contributed by atoms with Crippen LogP contribution in [0.4, 0.5) is 0 Å². The summed E-state index contributed by atoms with van der Waals surface area (Å²) in [5.74, 6) is -4.08. The SMILES string of the molecule is COC(=O)C1=C[C@H]2C(=O)C(OC)(OC)[C@H]1C[C@H]2C#N. The van der Waals surface area contributed by atoms with Gasteiger partial charge in [-0.1, -0.05) is 6.08 Å². The van der Waals surface area contributed by atoms with Crippen LogP contribution >= 0.6 is 0 Å². The van der Waals surface area contributed by atoms with Crippen molar-refractivity contribution in [2.45, 2.75) is 12.2 Å². The molecule has 1 saturated carbocycles. The number of methoxy groups -OCH3 is 3. The van der Waals surface area contributed by atoms with Gasteiger partial charge in [-0.2, -0.15) is 5.26 Å². The summed E-state index contributed by atoms with van der Waals surface area (Å²) in [6, 6.07) is 2.10. The van der Waals surface area contributed by atoms with E-state index in [1.54, 1.807) is 0 Å². The zero-order valence-corrected chi connectivity index (χ0v) is 11.0. The van der Waals surface area contributed by atoms with Gasteiger partial charge in [-0.15, -0.1) is 0 Å². The number of allylic oxidation sites excluding steroid dienone is 1. The number of esters is 1. The van der Waals surface area contributed by atoms with Crippen LogP contribution in [0.3, 0.4) is 0 Å². The second-order valence-electron chi connectivity index (χ2n) is 4.60. The fraction of sp³-hybridized carbons (Fsp3) is 0.615.